The number of ether oxygens (including phenoxy) is 2. The van der Waals surface area contributed by atoms with E-state index >= 15 is 0 Å². The van der Waals surface area contributed by atoms with Gasteiger partial charge in [-0.25, -0.2) is 8.42 Å². The fraction of sp³-hybridized carbons (Fsp3) is 0.389. The number of thiophene rings is 1. The molecule has 0 unspecified atom stereocenters. The number of benzene rings is 1. The molecule has 1 aromatic carbocycles. The zero-order valence-electron chi connectivity index (χ0n) is 14.6. The van der Waals surface area contributed by atoms with Crippen LogP contribution in [0.4, 0.5) is 0 Å². The molecule has 0 spiro atoms. The standard InChI is InChI=1S/C18H21NO5S2/c1-13(19-20)14-3-5-16(6-4-14)26(21,22)17-11-15(12-25-17)18(23-2)7-9-24-10-8-18/h3-6,11-12,20H,7-10H2,1-2H3/b19-13-. The maximum atomic E-state index is 12.9. The zero-order valence-corrected chi connectivity index (χ0v) is 16.3. The lowest BCUT2D eigenvalue weighted by molar-refractivity contribution is -0.0946. The first-order valence-electron chi connectivity index (χ1n) is 8.19. The molecular weight excluding hydrogens is 374 g/mol. The average molecular weight is 396 g/mol. The number of hydrogen-bond donors (Lipinski definition) is 1. The van der Waals surface area contributed by atoms with Crippen LogP contribution in [0.1, 0.15) is 30.9 Å². The summed E-state index contributed by atoms with van der Waals surface area (Å²) in [6, 6.07) is 8.03. The predicted molar refractivity (Wildman–Crippen MR) is 99.0 cm³/mol. The highest BCUT2D eigenvalue weighted by Crippen LogP contribution is 2.39. The molecule has 0 amide bonds. The second kappa shape index (κ2) is 7.48. The SMILES string of the molecule is COC1(c2csc(S(=O)(=O)c3ccc(/C(C)=N\O)cc3)c2)CCOCC1. The number of methoxy groups -OCH3 is 1. The molecule has 3 rings (SSSR count). The molecule has 1 N–H and O–H groups in total. The molecule has 8 heteroatoms. The van der Waals surface area contributed by atoms with Gasteiger partial charge in [-0.15, -0.1) is 11.3 Å². The van der Waals surface area contributed by atoms with Crippen molar-refractivity contribution >= 4 is 26.9 Å². The Bertz CT molecular complexity index is 894. The zero-order chi connectivity index (χ0) is 18.8. The molecule has 1 aliphatic heterocycles. The maximum Gasteiger partial charge on any atom is 0.215 e. The van der Waals surface area contributed by atoms with Gasteiger partial charge in [0.25, 0.3) is 0 Å². The van der Waals surface area contributed by atoms with E-state index in [9.17, 15) is 8.42 Å². The third-order valence-corrected chi connectivity index (χ3v) is 8.00. The first kappa shape index (κ1) is 19.0. The summed E-state index contributed by atoms with van der Waals surface area (Å²) in [6.45, 7) is 2.84. The van der Waals surface area contributed by atoms with Crippen LogP contribution in [0.25, 0.3) is 0 Å². The molecular formula is C18H21NO5S2. The van der Waals surface area contributed by atoms with Gasteiger partial charge in [-0.3, -0.25) is 0 Å². The summed E-state index contributed by atoms with van der Waals surface area (Å²) in [6.07, 6.45) is 1.41. The topological polar surface area (TPSA) is 85.2 Å². The molecule has 1 saturated heterocycles. The summed E-state index contributed by atoms with van der Waals surface area (Å²) in [4.78, 5) is 0.207. The van der Waals surface area contributed by atoms with Crippen molar-refractivity contribution in [3.8, 4) is 0 Å². The van der Waals surface area contributed by atoms with Crippen molar-refractivity contribution < 1.29 is 23.1 Å². The summed E-state index contributed by atoms with van der Waals surface area (Å²) in [5.74, 6) is 0. The van der Waals surface area contributed by atoms with Crippen LogP contribution < -0.4 is 0 Å². The van der Waals surface area contributed by atoms with Crippen LogP contribution in [-0.2, 0) is 24.9 Å². The van der Waals surface area contributed by atoms with Gasteiger partial charge in [-0.05, 0) is 41.6 Å². The second-order valence-electron chi connectivity index (χ2n) is 6.18. The van der Waals surface area contributed by atoms with Gasteiger partial charge in [0, 0.05) is 33.2 Å². The summed E-state index contributed by atoms with van der Waals surface area (Å²) in [7, 11) is -1.96. The molecule has 26 heavy (non-hydrogen) atoms. The minimum atomic E-state index is -3.61. The Morgan fingerprint density at radius 1 is 1.27 bits per heavy atom. The van der Waals surface area contributed by atoms with Gasteiger partial charge in [-0.1, -0.05) is 17.3 Å². The lowest BCUT2D eigenvalue weighted by atomic mass is 9.88. The van der Waals surface area contributed by atoms with Crippen molar-refractivity contribution in [2.45, 2.75) is 34.5 Å². The Morgan fingerprint density at radius 2 is 1.92 bits per heavy atom. The normalized spacial score (nSPS) is 18.0. The molecule has 0 aliphatic carbocycles. The molecule has 0 bridgehead atoms. The number of oxime groups is 1. The van der Waals surface area contributed by atoms with Gasteiger partial charge in [-0.2, -0.15) is 0 Å². The van der Waals surface area contributed by atoms with Crippen molar-refractivity contribution in [3.05, 3.63) is 46.8 Å². The number of nitrogens with zero attached hydrogens (tertiary/aromatic N) is 1. The molecule has 1 fully saturated rings. The van der Waals surface area contributed by atoms with Crippen LogP contribution in [0.5, 0.6) is 0 Å². The fourth-order valence-electron chi connectivity index (χ4n) is 3.06. The third kappa shape index (κ3) is 3.42. The van der Waals surface area contributed by atoms with E-state index in [1.807, 2.05) is 5.38 Å². The molecule has 140 valence electrons. The van der Waals surface area contributed by atoms with E-state index in [-0.39, 0.29) is 9.10 Å². The van der Waals surface area contributed by atoms with Crippen molar-refractivity contribution in [3.63, 3.8) is 0 Å². The molecule has 6 nitrogen and oxygen atoms in total. The minimum Gasteiger partial charge on any atom is -0.411 e. The Morgan fingerprint density at radius 3 is 2.50 bits per heavy atom. The van der Waals surface area contributed by atoms with Crippen LogP contribution in [-0.4, -0.2) is 39.7 Å². The quantitative estimate of drug-likeness (QED) is 0.476. The van der Waals surface area contributed by atoms with E-state index < -0.39 is 15.4 Å². The summed E-state index contributed by atoms with van der Waals surface area (Å²) in [5.41, 5.74) is 1.49. The van der Waals surface area contributed by atoms with Gasteiger partial charge >= 0.3 is 0 Å². The minimum absolute atomic E-state index is 0.207. The first-order valence-corrected chi connectivity index (χ1v) is 10.6. The molecule has 0 saturated carbocycles. The molecule has 0 radical (unpaired) electrons. The Hall–Kier alpha value is -1.74. The maximum absolute atomic E-state index is 12.9. The number of sulfone groups is 1. The largest absolute Gasteiger partial charge is 0.411 e. The molecule has 1 aromatic heterocycles. The Labute approximate surface area is 157 Å². The highest BCUT2D eigenvalue weighted by atomic mass is 32.2. The van der Waals surface area contributed by atoms with E-state index in [2.05, 4.69) is 5.16 Å². The summed E-state index contributed by atoms with van der Waals surface area (Å²) >= 11 is 1.20. The van der Waals surface area contributed by atoms with Crippen LogP contribution in [0.3, 0.4) is 0 Å². The summed E-state index contributed by atoms with van der Waals surface area (Å²) in [5, 5.41) is 13.8. The molecule has 2 heterocycles. The van der Waals surface area contributed by atoms with Crippen molar-refractivity contribution in [2.24, 2.45) is 5.16 Å². The average Bonchev–Trinajstić information content (AvgIpc) is 3.19. The molecule has 2 aromatic rings. The highest BCUT2D eigenvalue weighted by molar-refractivity contribution is 7.93. The van der Waals surface area contributed by atoms with Crippen LogP contribution >= 0.6 is 11.3 Å². The molecule has 0 atom stereocenters. The van der Waals surface area contributed by atoms with Crippen LogP contribution in [0.15, 0.2) is 50.0 Å². The van der Waals surface area contributed by atoms with Crippen molar-refractivity contribution in [2.75, 3.05) is 20.3 Å². The van der Waals surface area contributed by atoms with Gasteiger partial charge in [0.15, 0.2) is 0 Å². The smallest absolute Gasteiger partial charge is 0.215 e. The van der Waals surface area contributed by atoms with Gasteiger partial charge in [0.2, 0.25) is 9.84 Å². The van der Waals surface area contributed by atoms with E-state index in [0.717, 1.165) is 5.56 Å². The van der Waals surface area contributed by atoms with E-state index in [1.54, 1.807) is 32.2 Å². The molecule has 1 aliphatic rings. The van der Waals surface area contributed by atoms with Crippen LogP contribution in [0.2, 0.25) is 0 Å². The van der Waals surface area contributed by atoms with E-state index in [0.29, 0.717) is 37.3 Å². The van der Waals surface area contributed by atoms with Crippen molar-refractivity contribution in [1.82, 2.24) is 0 Å². The van der Waals surface area contributed by atoms with E-state index in [4.69, 9.17) is 14.7 Å². The highest BCUT2D eigenvalue weighted by Gasteiger charge is 2.36. The first-order chi connectivity index (χ1) is 12.4. The summed E-state index contributed by atoms with van der Waals surface area (Å²) < 4.78 is 37.3. The lowest BCUT2D eigenvalue weighted by Crippen LogP contribution is -2.35. The predicted octanol–water partition coefficient (Wildman–Crippen LogP) is 3.43. The third-order valence-electron chi connectivity index (χ3n) is 4.79. The van der Waals surface area contributed by atoms with Gasteiger partial charge < -0.3 is 14.7 Å². The number of hydrogen-bond acceptors (Lipinski definition) is 7. The Balaban J connectivity index is 1.92. The lowest BCUT2D eigenvalue weighted by Gasteiger charge is -2.35. The second-order valence-corrected chi connectivity index (χ2v) is 9.27. The van der Waals surface area contributed by atoms with Gasteiger partial charge in [0.1, 0.15) is 4.21 Å². The fourth-order valence-corrected chi connectivity index (χ4v) is 5.73. The van der Waals surface area contributed by atoms with E-state index in [1.165, 1.54) is 23.5 Å². The van der Waals surface area contributed by atoms with Crippen molar-refractivity contribution in [1.29, 1.82) is 0 Å². The Kier molecular flexibility index (Phi) is 5.47. The monoisotopic (exact) mass is 395 g/mol. The number of rotatable bonds is 5. The van der Waals surface area contributed by atoms with Gasteiger partial charge in [0.05, 0.1) is 16.2 Å². The van der Waals surface area contributed by atoms with Crippen LogP contribution in [0, 0.1) is 0 Å².